The van der Waals surface area contributed by atoms with Crippen LogP contribution in [0.2, 0.25) is 0 Å². The van der Waals surface area contributed by atoms with Gasteiger partial charge in [0.05, 0.1) is 25.9 Å². The summed E-state index contributed by atoms with van der Waals surface area (Å²) < 4.78 is 10.7. The second-order valence-electron chi connectivity index (χ2n) is 6.12. The van der Waals surface area contributed by atoms with Gasteiger partial charge in [0.15, 0.2) is 0 Å². The third-order valence-corrected chi connectivity index (χ3v) is 4.06. The zero-order chi connectivity index (χ0) is 16.7. The number of ether oxygens (including phenoxy) is 2. The Balaban J connectivity index is 1.75. The maximum Gasteiger partial charge on any atom is 0.119 e. The molecular formula is C17H28N2O4. The number of aliphatic hydroxyl groups is 2. The van der Waals surface area contributed by atoms with Crippen LogP contribution >= 0.6 is 0 Å². The molecule has 1 heterocycles. The lowest BCUT2D eigenvalue weighted by Crippen LogP contribution is -2.37. The zero-order valence-corrected chi connectivity index (χ0v) is 14.0. The van der Waals surface area contributed by atoms with Crippen molar-refractivity contribution in [2.75, 3.05) is 53.6 Å². The molecule has 1 aromatic carbocycles. The third-order valence-electron chi connectivity index (χ3n) is 4.06. The monoisotopic (exact) mass is 324 g/mol. The first-order chi connectivity index (χ1) is 11.1. The Morgan fingerprint density at radius 3 is 2.48 bits per heavy atom. The number of nitrogens with zero attached hydrogens (tertiary/aromatic N) is 2. The molecule has 2 atom stereocenters. The van der Waals surface area contributed by atoms with Gasteiger partial charge in [0.1, 0.15) is 12.4 Å². The number of likely N-dealkylation sites (N-methyl/N-ethyl adjacent to an activating group) is 1. The van der Waals surface area contributed by atoms with E-state index in [9.17, 15) is 5.11 Å². The smallest absolute Gasteiger partial charge is 0.119 e. The molecule has 130 valence electrons. The highest BCUT2D eigenvalue weighted by Gasteiger charge is 2.32. The molecule has 0 aromatic heterocycles. The van der Waals surface area contributed by atoms with Crippen molar-refractivity contribution < 1.29 is 19.7 Å². The summed E-state index contributed by atoms with van der Waals surface area (Å²) in [5.74, 6) is 0.814. The van der Waals surface area contributed by atoms with Gasteiger partial charge in [-0.25, -0.2) is 0 Å². The fourth-order valence-electron chi connectivity index (χ4n) is 2.82. The first-order valence-electron chi connectivity index (χ1n) is 8.07. The van der Waals surface area contributed by atoms with Crippen LogP contribution in [0.4, 0.5) is 0 Å². The second kappa shape index (κ2) is 9.20. The van der Waals surface area contributed by atoms with Gasteiger partial charge in [-0.3, -0.25) is 4.90 Å². The third kappa shape index (κ3) is 5.75. The molecule has 2 N–H and O–H groups in total. The summed E-state index contributed by atoms with van der Waals surface area (Å²) in [6, 6.07) is 8.23. The Bertz CT molecular complexity index is 452. The lowest BCUT2D eigenvalue weighted by Gasteiger charge is -2.21. The molecule has 1 aromatic rings. The molecule has 0 aliphatic carbocycles. The van der Waals surface area contributed by atoms with Gasteiger partial charge in [-0.15, -0.1) is 0 Å². The molecule has 1 aliphatic heterocycles. The van der Waals surface area contributed by atoms with Crippen molar-refractivity contribution in [3.05, 3.63) is 29.8 Å². The van der Waals surface area contributed by atoms with E-state index in [1.54, 1.807) is 0 Å². The summed E-state index contributed by atoms with van der Waals surface area (Å²) in [6.07, 6.45) is -0.286. The average Bonchev–Trinajstić information content (AvgIpc) is 2.89. The highest BCUT2D eigenvalue weighted by Crippen LogP contribution is 2.19. The van der Waals surface area contributed by atoms with Gasteiger partial charge >= 0.3 is 0 Å². The van der Waals surface area contributed by atoms with E-state index in [0.717, 1.165) is 18.8 Å². The number of likely N-dealkylation sites (tertiary alicyclic amines) is 1. The number of aliphatic hydroxyl groups excluding tert-OH is 2. The maximum absolute atomic E-state index is 10.1. The topological polar surface area (TPSA) is 65.4 Å². The number of rotatable bonds is 9. The Kier molecular flexibility index (Phi) is 7.26. The van der Waals surface area contributed by atoms with Crippen LogP contribution in [0, 0.1) is 0 Å². The molecule has 0 radical (unpaired) electrons. The highest BCUT2D eigenvalue weighted by molar-refractivity contribution is 5.27. The van der Waals surface area contributed by atoms with Crippen LogP contribution in [0.5, 0.6) is 5.75 Å². The van der Waals surface area contributed by atoms with Crippen molar-refractivity contribution in [1.29, 1.82) is 0 Å². The Morgan fingerprint density at radius 1 is 1.13 bits per heavy atom. The first-order valence-corrected chi connectivity index (χ1v) is 8.07. The average molecular weight is 324 g/mol. The minimum atomic E-state index is -0.286. The molecule has 23 heavy (non-hydrogen) atoms. The SMILES string of the molecule is CN(C)[C@H]1CN(Cc2ccc(OCCOCCO)cc2)C[C@@H]1O. The molecule has 0 amide bonds. The van der Waals surface area contributed by atoms with Crippen LogP contribution in [-0.4, -0.2) is 85.8 Å². The molecule has 1 saturated heterocycles. The van der Waals surface area contributed by atoms with Gasteiger partial charge in [-0.1, -0.05) is 12.1 Å². The van der Waals surface area contributed by atoms with Crippen LogP contribution in [-0.2, 0) is 11.3 Å². The van der Waals surface area contributed by atoms with Crippen LogP contribution in [0.3, 0.4) is 0 Å². The van der Waals surface area contributed by atoms with Gasteiger partial charge in [0.2, 0.25) is 0 Å². The number of benzene rings is 1. The molecule has 2 rings (SSSR count). The van der Waals surface area contributed by atoms with Gasteiger partial charge in [0.25, 0.3) is 0 Å². The Morgan fingerprint density at radius 2 is 1.87 bits per heavy atom. The minimum Gasteiger partial charge on any atom is -0.491 e. The molecule has 0 bridgehead atoms. The summed E-state index contributed by atoms with van der Waals surface area (Å²) in [7, 11) is 4.02. The predicted molar refractivity (Wildman–Crippen MR) is 88.6 cm³/mol. The molecule has 1 fully saturated rings. The van der Waals surface area contributed by atoms with Gasteiger partial charge in [-0.05, 0) is 31.8 Å². The first kappa shape index (κ1) is 18.2. The maximum atomic E-state index is 10.1. The van der Waals surface area contributed by atoms with Crippen LogP contribution in [0.15, 0.2) is 24.3 Å². The molecule has 0 saturated carbocycles. The van der Waals surface area contributed by atoms with E-state index in [4.69, 9.17) is 14.6 Å². The molecule has 0 spiro atoms. The Hall–Kier alpha value is -1.18. The van der Waals surface area contributed by atoms with Crippen molar-refractivity contribution in [3.63, 3.8) is 0 Å². The van der Waals surface area contributed by atoms with E-state index in [-0.39, 0.29) is 18.8 Å². The van der Waals surface area contributed by atoms with Crippen molar-refractivity contribution in [2.45, 2.75) is 18.7 Å². The number of hydrogen-bond donors (Lipinski definition) is 2. The van der Waals surface area contributed by atoms with Crippen LogP contribution in [0.25, 0.3) is 0 Å². The predicted octanol–water partition coefficient (Wildman–Crippen LogP) is 0.181. The highest BCUT2D eigenvalue weighted by atomic mass is 16.5. The van der Waals surface area contributed by atoms with E-state index < -0.39 is 0 Å². The number of hydrogen-bond acceptors (Lipinski definition) is 6. The summed E-state index contributed by atoms with van der Waals surface area (Å²) >= 11 is 0. The standard InChI is InChI=1S/C17H28N2O4/c1-18(2)16-12-19(13-17(16)21)11-14-3-5-15(6-4-14)23-10-9-22-8-7-20/h3-6,16-17,20-21H,7-13H2,1-2H3/t16-,17-/m0/s1. The fourth-order valence-corrected chi connectivity index (χ4v) is 2.82. The molecule has 6 heteroatoms. The lowest BCUT2D eigenvalue weighted by atomic mass is 10.2. The molecular weight excluding hydrogens is 296 g/mol. The zero-order valence-electron chi connectivity index (χ0n) is 14.0. The number of β-amino-alcohol motifs (C(OH)–C–C–N with tert-alkyl or cyclic N) is 1. The lowest BCUT2D eigenvalue weighted by molar-refractivity contribution is 0.0705. The minimum absolute atomic E-state index is 0.0363. The van der Waals surface area contributed by atoms with Gasteiger partial charge < -0.3 is 24.6 Å². The van der Waals surface area contributed by atoms with E-state index in [1.807, 2.05) is 26.2 Å². The van der Waals surface area contributed by atoms with Crippen molar-refractivity contribution >= 4 is 0 Å². The van der Waals surface area contributed by atoms with E-state index in [2.05, 4.69) is 21.9 Å². The summed E-state index contributed by atoms with van der Waals surface area (Å²) in [5, 5.41) is 18.7. The molecule has 1 aliphatic rings. The van der Waals surface area contributed by atoms with Crippen LogP contribution in [0.1, 0.15) is 5.56 Å². The summed E-state index contributed by atoms with van der Waals surface area (Å²) in [4.78, 5) is 4.36. The summed E-state index contributed by atoms with van der Waals surface area (Å²) in [6.45, 7) is 3.76. The quantitative estimate of drug-likeness (QED) is 0.632. The van der Waals surface area contributed by atoms with E-state index >= 15 is 0 Å². The van der Waals surface area contributed by atoms with Crippen LogP contribution < -0.4 is 4.74 Å². The fraction of sp³-hybridized carbons (Fsp3) is 0.647. The summed E-state index contributed by atoms with van der Waals surface area (Å²) in [5.41, 5.74) is 1.21. The normalized spacial score (nSPS) is 22.0. The second-order valence-corrected chi connectivity index (χ2v) is 6.12. The van der Waals surface area contributed by atoms with Crippen molar-refractivity contribution in [2.24, 2.45) is 0 Å². The largest absolute Gasteiger partial charge is 0.491 e. The molecule has 0 unspecified atom stereocenters. The van der Waals surface area contributed by atoms with Crippen molar-refractivity contribution in [3.8, 4) is 5.75 Å². The van der Waals surface area contributed by atoms with E-state index in [0.29, 0.717) is 26.4 Å². The Labute approximate surface area is 138 Å². The van der Waals surface area contributed by atoms with E-state index in [1.165, 1.54) is 5.56 Å². The van der Waals surface area contributed by atoms with Crippen molar-refractivity contribution in [1.82, 2.24) is 9.80 Å². The molecule has 6 nitrogen and oxygen atoms in total. The van der Waals surface area contributed by atoms with Gasteiger partial charge in [-0.2, -0.15) is 0 Å². The van der Waals surface area contributed by atoms with Gasteiger partial charge in [0, 0.05) is 25.7 Å².